The lowest BCUT2D eigenvalue weighted by Gasteiger charge is -2.19. The van der Waals surface area contributed by atoms with Crippen LogP contribution < -0.4 is 5.84 Å². The fourth-order valence-corrected chi connectivity index (χ4v) is 1.67. The number of hydrazine groups is 1. The Bertz CT molecular complexity index is 116. The van der Waals surface area contributed by atoms with E-state index in [9.17, 15) is 0 Å². The van der Waals surface area contributed by atoms with Gasteiger partial charge in [0.2, 0.25) is 0 Å². The number of ether oxygens (including phenoxy) is 1. The molecule has 2 heterocycles. The number of nitrogens with two attached hydrogens (primary N) is 1. The number of hydrogen-bond donors (Lipinski definition) is 1. The van der Waals surface area contributed by atoms with Gasteiger partial charge in [-0.05, 0) is 12.8 Å². The van der Waals surface area contributed by atoms with Crippen molar-refractivity contribution >= 4 is 0 Å². The number of hydrogen-bond acceptors (Lipinski definition) is 3. The molecule has 2 aliphatic heterocycles. The average Bonchev–Trinajstić information content (AvgIpc) is 2.09. The van der Waals surface area contributed by atoms with Gasteiger partial charge in [0.05, 0.1) is 6.10 Å². The van der Waals surface area contributed by atoms with Crippen molar-refractivity contribution < 1.29 is 4.74 Å². The first-order valence-corrected chi connectivity index (χ1v) is 3.49. The molecule has 0 amide bonds. The van der Waals surface area contributed by atoms with Crippen molar-refractivity contribution in [1.82, 2.24) is 5.01 Å². The van der Waals surface area contributed by atoms with E-state index in [1.165, 1.54) is 0 Å². The molecule has 3 nitrogen and oxygen atoms in total. The zero-order valence-corrected chi connectivity index (χ0v) is 5.42. The Morgan fingerprint density at radius 2 is 2.44 bits per heavy atom. The second-order valence-corrected chi connectivity index (χ2v) is 2.87. The van der Waals surface area contributed by atoms with Gasteiger partial charge in [-0.25, -0.2) is 5.01 Å². The molecule has 0 aliphatic carbocycles. The fraction of sp³-hybridized carbons (Fsp3) is 1.00. The average molecular weight is 128 g/mol. The third-order valence-corrected chi connectivity index (χ3v) is 2.22. The minimum atomic E-state index is 0.439. The van der Waals surface area contributed by atoms with Crippen molar-refractivity contribution in [2.75, 3.05) is 13.2 Å². The quantitative estimate of drug-likeness (QED) is 0.456. The van der Waals surface area contributed by atoms with Crippen LogP contribution in [0.3, 0.4) is 0 Å². The van der Waals surface area contributed by atoms with E-state index in [0.717, 1.165) is 26.0 Å². The van der Waals surface area contributed by atoms with E-state index in [1.807, 2.05) is 5.01 Å². The first-order valence-electron chi connectivity index (χ1n) is 3.49. The van der Waals surface area contributed by atoms with Crippen LogP contribution in [0, 0.1) is 0 Å². The largest absolute Gasteiger partial charge is 0.377 e. The molecule has 0 saturated carbocycles. The van der Waals surface area contributed by atoms with E-state index in [1.54, 1.807) is 0 Å². The molecule has 0 aromatic heterocycles. The van der Waals surface area contributed by atoms with Crippen LogP contribution in [-0.4, -0.2) is 30.3 Å². The van der Waals surface area contributed by atoms with Crippen molar-refractivity contribution in [3.8, 4) is 0 Å². The maximum absolute atomic E-state index is 5.67. The highest BCUT2D eigenvalue weighted by atomic mass is 16.5. The maximum Gasteiger partial charge on any atom is 0.0731 e. The van der Waals surface area contributed by atoms with Crippen molar-refractivity contribution in [3.63, 3.8) is 0 Å². The first-order chi connectivity index (χ1) is 4.36. The normalized spacial score (nSPS) is 43.7. The summed E-state index contributed by atoms with van der Waals surface area (Å²) in [6.07, 6.45) is 2.71. The van der Waals surface area contributed by atoms with Gasteiger partial charge in [0, 0.05) is 19.2 Å². The summed E-state index contributed by atoms with van der Waals surface area (Å²) in [5.41, 5.74) is 0. The highest BCUT2D eigenvalue weighted by Gasteiger charge is 2.33. The van der Waals surface area contributed by atoms with Crippen molar-refractivity contribution in [2.24, 2.45) is 5.84 Å². The monoisotopic (exact) mass is 128 g/mol. The Morgan fingerprint density at radius 1 is 1.56 bits per heavy atom. The molecule has 2 unspecified atom stereocenters. The van der Waals surface area contributed by atoms with Gasteiger partial charge in [0.1, 0.15) is 0 Å². The standard InChI is InChI=1S/C6H12N2O/c7-8-4-6-3-5(8)1-2-9-6/h5-6H,1-4,7H2. The molecule has 0 aromatic carbocycles. The van der Waals surface area contributed by atoms with E-state index < -0.39 is 0 Å². The molecule has 2 N–H and O–H groups in total. The van der Waals surface area contributed by atoms with Gasteiger partial charge in [0.15, 0.2) is 0 Å². The Morgan fingerprint density at radius 3 is 3.11 bits per heavy atom. The molecule has 2 fully saturated rings. The molecular weight excluding hydrogens is 116 g/mol. The molecule has 2 atom stereocenters. The third-order valence-electron chi connectivity index (χ3n) is 2.22. The lowest BCUT2D eigenvalue weighted by atomic mass is 10.1. The maximum atomic E-state index is 5.67. The van der Waals surface area contributed by atoms with Crippen LogP contribution in [0.1, 0.15) is 12.8 Å². The summed E-state index contributed by atoms with van der Waals surface area (Å²) in [5.74, 6) is 5.67. The Hall–Kier alpha value is -0.120. The molecule has 3 heteroatoms. The fourth-order valence-electron chi connectivity index (χ4n) is 1.67. The third kappa shape index (κ3) is 0.852. The smallest absolute Gasteiger partial charge is 0.0731 e. The van der Waals surface area contributed by atoms with E-state index in [-0.39, 0.29) is 0 Å². The highest BCUT2D eigenvalue weighted by molar-refractivity contribution is 4.85. The summed E-state index contributed by atoms with van der Waals surface area (Å²) in [7, 11) is 0. The SMILES string of the molecule is NN1CC2CC1CCO2. The van der Waals surface area contributed by atoms with Crippen LogP contribution >= 0.6 is 0 Å². The van der Waals surface area contributed by atoms with Crippen LogP contribution in [0.15, 0.2) is 0 Å². The molecule has 0 radical (unpaired) electrons. The second-order valence-electron chi connectivity index (χ2n) is 2.87. The van der Waals surface area contributed by atoms with Gasteiger partial charge in [-0.3, -0.25) is 5.84 Å². The van der Waals surface area contributed by atoms with Crippen molar-refractivity contribution in [2.45, 2.75) is 25.0 Å². The zero-order valence-electron chi connectivity index (χ0n) is 5.42. The molecule has 0 spiro atoms. The zero-order chi connectivity index (χ0) is 6.27. The molecule has 9 heavy (non-hydrogen) atoms. The number of nitrogens with zero attached hydrogens (tertiary/aromatic N) is 1. The van der Waals surface area contributed by atoms with Crippen LogP contribution in [0.25, 0.3) is 0 Å². The Balaban J connectivity index is 2.07. The van der Waals surface area contributed by atoms with Gasteiger partial charge in [-0.1, -0.05) is 0 Å². The van der Waals surface area contributed by atoms with Gasteiger partial charge in [-0.2, -0.15) is 0 Å². The molecule has 2 saturated heterocycles. The number of rotatable bonds is 0. The lowest BCUT2D eigenvalue weighted by Crippen LogP contribution is -2.35. The lowest BCUT2D eigenvalue weighted by molar-refractivity contribution is 0.0419. The summed E-state index contributed by atoms with van der Waals surface area (Å²) in [6, 6.07) is 0.615. The van der Waals surface area contributed by atoms with Gasteiger partial charge >= 0.3 is 0 Å². The summed E-state index contributed by atoms with van der Waals surface area (Å²) in [6.45, 7) is 1.84. The van der Waals surface area contributed by atoms with Gasteiger partial charge in [-0.15, -0.1) is 0 Å². The number of fused-ring (bicyclic) bond motifs is 2. The summed E-state index contributed by atoms with van der Waals surface area (Å²) in [5, 5.41) is 1.91. The summed E-state index contributed by atoms with van der Waals surface area (Å²) in [4.78, 5) is 0. The van der Waals surface area contributed by atoms with Gasteiger partial charge < -0.3 is 4.74 Å². The van der Waals surface area contributed by atoms with Crippen LogP contribution in [0.5, 0.6) is 0 Å². The minimum absolute atomic E-state index is 0.439. The van der Waals surface area contributed by atoms with Gasteiger partial charge in [0.25, 0.3) is 0 Å². The van der Waals surface area contributed by atoms with Crippen LogP contribution in [-0.2, 0) is 4.74 Å². The van der Waals surface area contributed by atoms with Crippen LogP contribution in [0.2, 0.25) is 0 Å². The molecule has 0 aromatic rings. The van der Waals surface area contributed by atoms with Crippen LogP contribution in [0.4, 0.5) is 0 Å². The summed E-state index contributed by atoms with van der Waals surface area (Å²) < 4.78 is 5.42. The predicted octanol–water partition coefficient (Wildman–Crippen LogP) is -0.277. The van der Waals surface area contributed by atoms with E-state index in [2.05, 4.69) is 0 Å². The Kier molecular flexibility index (Phi) is 1.22. The highest BCUT2D eigenvalue weighted by Crippen LogP contribution is 2.24. The summed E-state index contributed by atoms with van der Waals surface area (Å²) >= 11 is 0. The topological polar surface area (TPSA) is 38.5 Å². The van der Waals surface area contributed by atoms with E-state index in [0.29, 0.717) is 12.1 Å². The molecule has 2 aliphatic rings. The molecule has 2 rings (SSSR count). The first kappa shape index (κ1) is 5.65. The van der Waals surface area contributed by atoms with Crippen molar-refractivity contribution in [1.29, 1.82) is 0 Å². The predicted molar refractivity (Wildman–Crippen MR) is 33.7 cm³/mol. The van der Waals surface area contributed by atoms with Crippen molar-refractivity contribution in [3.05, 3.63) is 0 Å². The molecule has 2 bridgehead atoms. The van der Waals surface area contributed by atoms with E-state index >= 15 is 0 Å². The minimum Gasteiger partial charge on any atom is -0.377 e. The Labute approximate surface area is 54.7 Å². The molecule has 52 valence electrons. The molecular formula is C6H12N2O. The van der Waals surface area contributed by atoms with E-state index in [4.69, 9.17) is 10.6 Å². The second kappa shape index (κ2) is 1.94.